The van der Waals surface area contributed by atoms with Gasteiger partial charge in [0.2, 0.25) is 11.8 Å². The molecule has 0 heterocycles. The van der Waals surface area contributed by atoms with Gasteiger partial charge in [-0.1, -0.05) is 55.5 Å². The van der Waals surface area contributed by atoms with E-state index in [0.29, 0.717) is 5.69 Å². The molecule has 2 amide bonds. The molecular formula is C28H32IN3O4S. The summed E-state index contributed by atoms with van der Waals surface area (Å²) in [6.45, 7) is 5.25. The van der Waals surface area contributed by atoms with Gasteiger partial charge in [0.1, 0.15) is 12.6 Å². The molecule has 196 valence electrons. The second kappa shape index (κ2) is 13.0. The van der Waals surface area contributed by atoms with E-state index >= 15 is 0 Å². The molecule has 7 nitrogen and oxygen atoms in total. The number of nitrogens with one attached hydrogen (secondary N) is 1. The Hall–Kier alpha value is -2.92. The number of hydrogen-bond donors (Lipinski definition) is 1. The van der Waals surface area contributed by atoms with E-state index in [4.69, 9.17) is 0 Å². The highest BCUT2D eigenvalue weighted by Gasteiger charge is 2.32. The first-order chi connectivity index (χ1) is 17.6. The molecular weight excluding hydrogens is 601 g/mol. The van der Waals surface area contributed by atoms with E-state index in [1.165, 1.54) is 17.0 Å². The van der Waals surface area contributed by atoms with Crippen molar-refractivity contribution in [1.29, 1.82) is 0 Å². The van der Waals surface area contributed by atoms with Crippen LogP contribution in [0.15, 0.2) is 89.8 Å². The normalized spacial score (nSPS) is 12.9. The summed E-state index contributed by atoms with van der Waals surface area (Å²) in [6.07, 6.45) is 0.751. The molecule has 0 fully saturated rings. The molecule has 3 aromatic rings. The zero-order valence-corrected chi connectivity index (χ0v) is 24.1. The van der Waals surface area contributed by atoms with Gasteiger partial charge in [0.25, 0.3) is 10.0 Å². The summed E-state index contributed by atoms with van der Waals surface area (Å²) >= 11 is 2.14. The Labute approximate surface area is 233 Å². The predicted molar refractivity (Wildman–Crippen MR) is 154 cm³/mol. The lowest BCUT2D eigenvalue weighted by Gasteiger charge is -2.32. The average Bonchev–Trinajstić information content (AvgIpc) is 2.91. The molecule has 0 saturated heterocycles. The first-order valence-electron chi connectivity index (χ1n) is 12.1. The van der Waals surface area contributed by atoms with Crippen LogP contribution in [0.25, 0.3) is 0 Å². The summed E-state index contributed by atoms with van der Waals surface area (Å²) < 4.78 is 29.4. The minimum Gasteiger partial charge on any atom is -0.352 e. The summed E-state index contributed by atoms with van der Waals surface area (Å²) in [5, 5.41) is 2.93. The maximum atomic E-state index is 13.8. The highest BCUT2D eigenvalue weighted by molar-refractivity contribution is 14.1. The minimum absolute atomic E-state index is 0.0506. The summed E-state index contributed by atoms with van der Waals surface area (Å²) in [6, 6.07) is 23.4. The van der Waals surface area contributed by atoms with Crippen LogP contribution in [0.4, 0.5) is 5.69 Å². The molecule has 0 aliphatic heterocycles. The van der Waals surface area contributed by atoms with Crippen molar-refractivity contribution in [3.05, 3.63) is 94.1 Å². The maximum Gasteiger partial charge on any atom is 0.264 e. The van der Waals surface area contributed by atoms with Crippen LogP contribution in [0.3, 0.4) is 0 Å². The Morgan fingerprint density at radius 1 is 0.892 bits per heavy atom. The summed E-state index contributed by atoms with van der Waals surface area (Å²) in [4.78, 5) is 28.4. The Kier molecular flexibility index (Phi) is 10.1. The number of halogens is 1. The number of anilines is 1. The Balaban J connectivity index is 1.99. The van der Waals surface area contributed by atoms with E-state index in [0.717, 1.165) is 19.9 Å². The van der Waals surface area contributed by atoms with Gasteiger partial charge in [-0.25, -0.2) is 8.42 Å². The predicted octanol–water partition coefficient (Wildman–Crippen LogP) is 4.82. The molecule has 0 radical (unpaired) electrons. The highest BCUT2D eigenvalue weighted by atomic mass is 127. The maximum absolute atomic E-state index is 13.8. The summed E-state index contributed by atoms with van der Waals surface area (Å²) in [5.74, 6) is -0.765. The van der Waals surface area contributed by atoms with Crippen LogP contribution in [-0.4, -0.2) is 43.8 Å². The van der Waals surface area contributed by atoms with E-state index in [1.807, 2.05) is 44.2 Å². The fourth-order valence-electron chi connectivity index (χ4n) is 3.68. The van der Waals surface area contributed by atoms with Crippen molar-refractivity contribution in [1.82, 2.24) is 10.2 Å². The SMILES string of the molecule is CC[C@H](C)NC(=O)[C@@H](C)N(Cc1ccccc1)C(=O)CN(c1ccc(I)cc1)S(=O)(=O)c1ccccc1. The zero-order valence-electron chi connectivity index (χ0n) is 21.2. The van der Waals surface area contributed by atoms with Crippen molar-refractivity contribution in [2.75, 3.05) is 10.8 Å². The summed E-state index contributed by atoms with van der Waals surface area (Å²) in [7, 11) is -4.05. The molecule has 3 rings (SSSR count). The molecule has 0 unspecified atom stereocenters. The van der Waals surface area contributed by atoms with Gasteiger partial charge in [-0.05, 0) is 84.8 Å². The number of amides is 2. The van der Waals surface area contributed by atoms with Gasteiger partial charge in [0, 0.05) is 16.2 Å². The number of nitrogens with zero attached hydrogens (tertiary/aromatic N) is 2. The third-order valence-electron chi connectivity index (χ3n) is 6.09. The molecule has 0 aromatic heterocycles. The van der Waals surface area contributed by atoms with Crippen LogP contribution in [-0.2, 0) is 26.2 Å². The van der Waals surface area contributed by atoms with Crippen molar-refractivity contribution in [2.24, 2.45) is 0 Å². The number of rotatable bonds is 11. The first-order valence-corrected chi connectivity index (χ1v) is 14.6. The van der Waals surface area contributed by atoms with E-state index in [9.17, 15) is 18.0 Å². The van der Waals surface area contributed by atoms with Crippen molar-refractivity contribution < 1.29 is 18.0 Å². The second-order valence-corrected chi connectivity index (χ2v) is 11.9. The first kappa shape index (κ1) is 28.6. The Morgan fingerprint density at radius 3 is 2.03 bits per heavy atom. The van der Waals surface area contributed by atoms with Crippen LogP contribution in [0.5, 0.6) is 0 Å². The number of carbonyl (C=O) groups excluding carboxylic acids is 2. The van der Waals surface area contributed by atoms with Crippen LogP contribution >= 0.6 is 22.6 Å². The smallest absolute Gasteiger partial charge is 0.264 e. The third-order valence-corrected chi connectivity index (χ3v) is 8.60. The van der Waals surface area contributed by atoms with Crippen LogP contribution in [0.1, 0.15) is 32.8 Å². The number of hydrogen-bond acceptors (Lipinski definition) is 4. The van der Waals surface area contributed by atoms with Gasteiger partial charge in [0.15, 0.2) is 0 Å². The zero-order chi connectivity index (χ0) is 27.0. The monoisotopic (exact) mass is 633 g/mol. The number of benzene rings is 3. The quantitative estimate of drug-likeness (QED) is 0.307. The van der Waals surface area contributed by atoms with Crippen LogP contribution < -0.4 is 9.62 Å². The van der Waals surface area contributed by atoms with Crippen molar-refractivity contribution >= 4 is 50.1 Å². The Morgan fingerprint density at radius 2 is 1.46 bits per heavy atom. The molecule has 9 heteroatoms. The van der Waals surface area contributed by atoms with Gasteiger partial charge in [0.05, 0.1) is 10.6 Å². The lowest BCUT2D eigenvalue weighted by Crippen LogP contribution is -2.52. The van der Waals surface area contributed by atoms with Crippen molar-refractivity contribution in [2.45, 2.75) is 50.7 Å². The van der Waals surface area contributed by atoms with Gasteiger partial charge in [-0.3, -0.25) is 13.9 Å². The van der Waals surface area contributed by atoms with E-state index in [2.05, 4.69) is 27.9 Å². The topological polar surface area (TPSA) is 86.8 Å². The lowest BCUT2D eigenvalue weighted by atomic mass is 10.1. The number of carbonyl (C=O) groups is 2. The van der Waals surface area contributed by atoms with Gasteiger partial charge < -0.3 is 10.2 Å². The fourth-order valence-corrected chi connectivity index (χ4v) is 5.48. The van der Waals surface area contributed by atoms with Gasteiger partial charge >= 0.3 is 0 Å². The summed E-state index contributed by atoms with van der Waals surface area (Å²) in [5.41, 5.74) is 1.21. The standard InChI is InChI=1S/C28H32IN3O4S/c1-4-21(2)30-28(34)22(3)31(19-23-11-7-5-8-12-23)27(33)20-32(25-17-15-24(29)16-18-25)37(35,36)26-13-9-6-10-14-26/h5-18,21-22H,4,19-20H2,1-3H3,(H,30,34)/t21-,22+/m0/s1. The second-order valence-electron chi connectivity index (χ2n) is 8.80. The van der Waals surface area contributed by atoms with Gasteiger partial charge in [-0.15, -0.1) is 0 Å². The molecule has 2 atom stereocenters. The molecule has 0 aliphatic rings. The van der Waals surface area contributed by atoms with Crippen LogP contribution in [0.2, 0.25) is 0 Å². The molecule has 0 bridgehead atoms. The molecule has 0 aliphatic carbocycles. The molecule has 37 heavy (non-hydrogen) atoms. The van der Waals surface area contributed by atoms with Gasteiger partial charge in [-0.2, -0.15) is 0 Å². The Bertz CT molecular complexity index is 1290. The number of sulfonamides is 1. The average molecular weight is 634 g/mol. The van der Waals surface area contributed by atoms with E-state index in [-0.39, 0.29) is 23.4 Å². The van der Waals surface area contributed by atoms with E-state index < -0.39 is 28.5 Å². The third kappa shape index (κ3) is 7.54. The van der Waals surface area contributed by atoms with Crippen LogP contribution in [0, 0.1) is 3.57 Å². The molecule has 0 spiro atoms. The molecule has 1 N–H and O–H groups in total. The molecule has 3 aromatic carbocycles. The largest absolute Gasteiger partial charge is 0.352 e. The minimum atomic E-state index is -4.05. The molecule has 0 saturated carbocycles. The highest BCUT2D eigenvalue weighted by Crippen LogP contribution is 2.25. The van der Waals surface area contributed by atoms with Crippen molar-refractivity contribution in [3.8, 4) is 0 Å². The van der Waals surface area contributed by atoms with Crippen molar-refractivity contribution in [3.63, 3.8) is 0 Å². The van der Waals surface area contributed by atoms with E-state index in [1.54, 1.807) is 49.4 Å². The fraction of sp³-hybridized carbons (Fsp3) is 0.286. The lowest BCUT2D eigenvalue weighted by molar-refractivity contribution is -0.139.